The molecule has 0 amide bonds. The molecule has 4 rings (SSSR count). The lowest BCUT2D eigenvalue weighted by Gasteiger charge is -2.21. The van der Waals surface area contributed by atoms with Gasteiger partial charge in [0, 0.05) is 12.5 Å². The molecule has 0 aromatic heterocycles. The molecule has 2 aliphatic heterocycles. The van der Waals surface area contributed by atoms with Crippen molar-refractivity contribution in [2.75, 3.05) is 23.8 Å². The highest BCUT2D eigenvalue weighted by molar-refractivity contribution is 7.92. The van der Waals surface area contributed by atoms with Crippen LogP contribution in [0.4, 0.5) is 5.69 Å². The summed E-state index contributed by atoms with van der Waals surface area (Å²) < 4.78 is 61.9. The number of nitrogens with two attached hydrogens (primary N) is 1. The molecule has 1 atom stereocenters. The number of hydrogen-bond donors (Lipinski definition) is 1. The van der Waals surface area contributed by atoms with Gasteiger partial charge < -0.3 is 15.2 Å². The van der Waals surface area contributed by atoms with Gasteiger partial charge in [0.2, 0.25) is 19.9 Å². The fourth-order valence-electron chi connectivity index (χ4n) is 3.35. The summed E-state index contributed by atoms with van der Waals surface area (Å²) in [5.74, 6) is 0.887. The third-order valence-electron chi connectivity index (χ3n) is 4.51. The van der Waals surface area contributed by atoms with E-state index in [-0.39, 0.29) is 16.2 Å². The predicted octanol–water partition coefficient (Wildman–Crippen LogP) is 0.898. The lowest BCUT2D eigenvalue weighted by molar-refractivity contribution is 0.171. The van der Waals surface area contributed by atoms with Crippen LogP contribution < -0.4 is 19.5 Å². The maximum atomic E-state index is 13.0. The molecule has 2 aromatic carbocycles. The summed E-state index contributed by atoms with van der Waals surface area (Å²) in [6.45, 7) is 0.773. The second-order valence-electron chi connectivity index (χ2n) is 6.43. The summed E-state index contributed by atoms with van der Waals surface area (Å²) in [5, 5.41) is 0. The number of sulfonamides is 1. The Morgan fingerprint density at radius 2 is 1.59 bits per heavy atom. The van der Waals surface area contributed by atoms with E-state index in [9.17, 15) is 16.8 Å². The first-order valence-electron chi connectivity index (χ1n) is 8.20. The minimum absolute atomic E-state index is 0.0699. The van der Waals surface area contributed by atoms with Gasteiger partial charge in [-0.05, 0) is 35.9 Å². The molecule has 2 aromatic rings. The number of fused-ring (bicyclic) bond motifs is 2. The SMILES string of the molecule is CS(=O)(=O)N1c2ccc(S(=O)(=O)c3ccc4c(c3)OCCO4)cc2CC1N. The van der Waals surface area contributed by atoms with E-state index in [2.05, 4.69) is 0 Å². The fourth-order valence-corrected chi connectivity index (χ4v) is 5.77. The standard InChI is InChI=1S/C17H18N2O6S2/c1-26(20,21)19-14-4-2-12(8-11(14)9-17(19)18)27(22,23)13-3-5-15-16(10-13)25-7-6-24-15/h2-5,8,10,17H,6-7,9,18H2,1H3. The van der Waals surface area contributed by atoms with Crippen LogP contribution in [0.2, 0.25) is 0 Å². The van der Waals surface area contributed by atoms with Gasteiger partial charge in [-0.2, -0.15) is 0 Å². The van der Waals surface area contributed by atoms with E-state index in [0.717, 1.165) is 10.6 Å². The summed E-state index contributed by atoms with van der Waals surface area (Å²) in [6.07, 6.45) is 0.566. The molecule has 8 nitrogen and oxygen atoms in total. The van der Waals surface area contributed by atoms with Gasteiger partial charge in [-0.1, -0.05) is 0 Å². The van der Waals surface area contributed by atoms with Gasteiger partial charge in [-0.15, -0.1) is 0 Å². The van der Waals surface area contributed by atoms with Crippen LogP contribution in [0.3, 0.4) is 0 Å². The molecule has 0 bridgehead atoms. The van der Waals surface area contributed by atoms with Crippen molar-refractivity contribution in [1.29, 1.82) is 0 Å². The van der Waals surface area contributed by atoms with Crippen molar-refractivity contribution >= 4 is 25.5 Å². The summed E-state index contributed by atoms with van der Waals surface area (Å²) in [7, 11) is -7.36. The lowest BCUT2D eigenvalue weighted by Crippen LogP contribution is -2.42. The van der Waals surface area contributed by atoms with Crippen molar-refractivity contribution in [3.8, 4) is 11.5 Å². The van der Waals surface area contributed by atoms with Crippen LogP contribution in [0, 0.1) is 0 Å². The third kappa shape index (κ3) is 3.03. The minimum Gasteiger partial charge on any atom is -0.486 e. The van der Waals surface area contributed by atoms with Crippen LogP contribution >= 0.6 is 0 Å². The van der Waals surface area contributed by atoms with Gasteiger partial charge in [0.1, 0.15) is 13.2 Å². The quantitative estimate of drug-likeness (QED) is 0.799. The van der Waals surface area contributed by atoms with E-state index in [1.807, 2.05) is 0 Å². The second kappa shape index (κ2) is 6.11. The lowest BCUT2D eigenvalue weighted by atomic mass is 10.1. The van der Waals surface area contributed by atoms with E-state index in [1.54, 1.807) is 6.07 Å². The normalized spacial score (nSPS) is 19.0. The van der Waals surface area contributed by atoms with Crippen molar-refractivity contribution in [2.45, 2.75) is 22.4 Å². The summed E-state index contributed by atoms with van der Waals surface area (Å²) >= 11 is 0. The molecule has 0 radical (unpaired) electrons. The zero-order valence-electron chi connectivity index (χ0n) is 14.5. The van der Waals surface area contributed by atoms with Gasteiger partial charge in [0.15, 0.2) is 11.5 Å². The molecule has 0 aliphatic carbocycles. The minimum atomic E-state index is -3.81. The van der Waals surface area contributed by atoms with Crippen LogP contribution in [0.15, 0.2) is 46.2 Å². The van der Waals surface area contributed by atoms with Crippen molar-refractivity contribution in [1.82, 2.24) is 0 Å². The van der Waals surface area contributed by atoms with Crippen LogP contribution in [-0.2, 0) is 26.3 Å². The topological polar surface area (TPSA) is 116 Å². The molecule has 10 heteroatoms. The molecule has 1 unspecified atom stereocenters. The average molecular weight is 410 g/mol. The summed E-state index contributed by atoms with van der Waals surface area (Å²) in [6, 6.07) is 8.81. The number of anilines is 1. The molecule has 2 aliphatic rings. The van der Waals surface area contributed by atoms with Crippen molar-refractivity contribution < 1.29 is 26.3 Å². The molecule has 144 valence electrons. The van der Waals surface area contributed by atoms with E-state index in [1.165, 1.54) is 30.3 Å². The molecule has 0 saturated carbocycles. The first-order chi connectivity index (χ1) is 12.7. The molecule has 2 heterocycles. The van der Waals surface area contributed by atoms with E-state index in [4.69, 9.17) is 15.2 Å². The Bertz CT molecular complexity index is 1130. The van der Waals surface area contributed by atoms with E-state index < -0.39 is 26.0 Å². The monoisotopic (exact) mass is 410 g/mol. The van der Waals surface area contributed by atoms with Crippen molar-refractivity contribution in [3.05, 3.63) is 42.0 Å². The molecule has 2 N–H and O–H groups in total. The maximum absolute atomic E-state index is 13.0. The molecule has 27 heavy (non-hydrogen) atoms. The Labute approximate surface area is 157 Å². The predicted molar refractivity (Wildman–Crippen MR) is 98.3 cm³/mol. The molecular formula is C17H18N2O6S2. The number of benzene rings is 2. The zero-order chi connectivity index (χ0) is 19.4. The largest absolute Gasteiger partial charge is 0.486 e. The average Bonchev–Trinajstić information content (AvgIpc) is 2.96. The Hall–Kier alpha value is -2.30. The molecule has 0 fully saturated rings. The summed E-state index contributed by atoms with van der Waals surface area (Å²) in [5.41, 5.74) is 6.91. The number of rotatable bonds is 3. The van der Waals surface area contributed by atoms with E-state index in [0.29, 0.717) is 36.0 Å². The van der Waals surface area contributed by atoms with Crippen LogP contribution in [0.1, 0.15) is 5.56 Å². The van der Waals surface area contributed by atoms with Gasteiger partial charge in [-0.3, -0.25) is 4.31 Å². The zero-order valence-corrected chi connectivity index (χ0v) is 16.1. The Kier molecular flexibility index (Phi) is 4.09. The Balaban J connectivity index is 1.75. The first-order valence-corrected chi connectivity index (χ1v) is 11.5. The second-order valence-corrected chi connectivity index (χ2v) is 10.2. The van der Waals surface area contributed by atoms with Crippen molar-refractivity contribution in [2.24, 2.45) is 5.73 Å². The maximum Gasteiger partial charge on any atom is 0.233 e. The van der Waals surface area contributed by atoms with Gasteiger partial charge >= 0.3 is 0 Å². The number of ether oxygens (including phenoxy) is 2. The van der Waals surface area contributed by atoms with Crippen LogP contribution in [-0.4, -0.2) is 42.5 Å². The van der Waals surface area contributed by atoms with E-state index >= 15 is 0 Å². The Morgan fingerprint density at radius 3 is 2.30 bits per heavy atom. The smallest absolute Gasteiger partial charge is 0.233 e. The molecular weight excluding hydrogens is 392 g/mol. The highest BCUT2D eigenvalue weighted by Crippen LogP contribution is 2.37. The number of hydrogen-bond acceptors (Lipinski definition) is 7. The molecule has 0 spiro atoms. The van der Waals surface area contributed by atoms with Crippen LogP contribution in [0.25, 0.3) is 0 Å². The van der Waals surface area contributed by atoms with Crippen molar-refractivity contribution in [3.63, 3.8) is 0 Å². The highest BCUT2D eigenvalue weighted by Gasteiger charge is 2.34. The Morgan fingerprint density at radius 1 is 0.963 bits per heavy atom. The van der Waals surface area contributed by atoms with Crippen LogP contribution in [0.5, 0.6) is 11.5 Å². The summed E-state index contributed by atoms with van der Waals surface area (Å²) in [4.78, 5) is 0.148. The molecule has 0 saturated heterocycles. The number of sulfone groups is 1. The third-order valence-corrected chi connectivity index (χ3v) is 7.44. The number of nitrogens with zero attached hydrogens (tertiary/aromatic N) is 1. The highest BCUT2D eigenvalue weighted by atomic mass is 32.2. The van der Waals surface area contributed by atoms with Gasteiger partial charge in [0.05, 0.1) is 27.9 Å². The fraction of sp³-hybridized carbons (Fsp3) is 0.294. The van der Waals surface area contributed by atoms with Gasteiger partial charge in [0.25, 0.3) is 0 Å². The first kappa shape index (κ1) is 18.1. The van der Waals surface area contributed by atoms with Gasteiger partial charge in [-0.25, -0.2) is 16.8 Å².